The number of nitro groups is 1. The molecule has 2 aromatic carbocycles. The van der Waals surface area contributed by atoms with Gasteiger partial charge in [-0.1, -0.05) is 17.3 Å². The molecule has 0 unspecified atom stereocenters. The van der Waals surface area contributed by atoms with Gasteiger partial charge in [-0.25, -0.2) is 4.79 Å². The molecule has 8 nitrogen and oxygen atoms in total. The first-order valence-electron chi connectivity index (χ1n) is 6.47. The number of rotatable bonds is 4. The van der Waals surface area contributed by atoms with Crippen molar-refractivity contribution in [1.82, 2.24) is 10.1 Å². The van der Waals surface area contributed by atoms with Gasteiger partial charge < -0.3 is 9.63 Å². The monoisotopic (exact) mass is 311 g/mol. The zero-order valence-electron chi connectivity index (χ0n) is 11.5. The number of aromatic carboxylic acids is 1. The molecule has 1 heterocycles. The Kier molecular flexibility index (Phi) is 3.55. The van der Waals surface area contributed by atoms with Gasteiger partial charge in [0.2, 0.25) is 5.82 Å². The molecule has 0 amide bonds. The van der Waals surface area contributed by atoms with Gasteiger partial charge in [-0.3, -0.25) is 10.1 Å². The van der Waals surface area contributed by atoms with Crippen LogP contribution < -0.4 is 0 Å². The van der Waals surface area contributed by atoms with Gasteiger partial charge in [-0.15, -0.1) is 0 Å². The minimum atomic E-state index is -1.05. The van der Waals surface area contributed by atoms with Crippen molar-refractivity contribution in [2.24, 2.45) is 0 Å². The number of hydrogen-bond acceptors (Lipinski definition) is 6. The second-order valence-electron chi connectivity index (χ2n) is 4.61. The van der Waals surface area contributed by atoms with Crippen LogP contribution in [0.25, 0.3) is 22.8 Å². The van der Waals surface area contributed by atoms with E-state index in [1.807, 2.05) is 0 Å². The van der Waals surface area contributed by atoms with Crippen molar-refractivity contribution in [2.45, 2.75) is 0 Å². The second-order valence-corrected chi connectivity index (χ2v) is 4.61. The van der Waals surface area contributed by atoms with Crippen LogP contribution in [0.1, 0.15) is 10.4 Å². The van der Waals surface area contributed by atoms with E-state index >= 15 is 0 Å². The first kappa shape index (κ1) is 14.4. The zero-order valence-corrected chi connectivity index (χ0v) is 11.5. The largest absolute Gasteiger partial charge is 0.478 e. The Hall–Kier alpha value is -3.55. The van der Waals surface area contributed by atoms with Crippen LogP contribution in [-0.4, -0.2) is 26.1 Å². The Morgan fingerprint density at radius 3 is 2.52 bits per heavy atom. The molecule has 3 rings (SSSR count). The number of non-ortho nitro benzene ring substituents is 1. The Balaban J connectivity index is 1.92. The third-order valence-corrected chi connectivity index (χ3v) is 3.12. The van der Waals surface area contributed by atoms with Gasteiger partial charge in [0.25, 0.3) is 11.6 Å². The minimum Gasteiger partial charge on any atom is -0.478 e. The fourth-order valence-electron chi connectivity index (χ4n) is 1.98. The Labute approximate surface area is 129 Å². The van der Waals surface area contributed by atoms with Crippen molar-refractivity contribution >= 4 is 11.7 Å². The number of nitro benzene ring substituents is 1. The molecule has 0 saturated heterocycles. The van der Waals surface area contributed by atoms with Crippen LogP contribution in [0.15, 0.2) is 53.1 Å². The van der Waals surface area contributed by atoms with Gasteiger partial charge >= 0.3 is 5.97 Å². The molecule has 0 saturated carbocycles. The molecule has 1 aromatic heterocycles. The molecule has 3 aromatic rings. The van der Waals surface area contributed by atoms with Gasteiger partial charge in [-0.2, -0.15) is 4.98 Å². The predicted octanol–water partition coefficient (Wildman–Crippen LogP) is 3.01. The quantitative estimate of drug-likeness (QED) is 0.580. The zero-order chi connectivity index (χ0) is 16.4. The molecule has 0 radical (unpaired) electrons. The average Bonchev–Trinajstić information content (AvgIpc) is 3.05. The Morgan fingerprint density at radius 2 is 1.87 bits per heavy atom. The molecular weight excluding hydrogens is 302 g/mol. The lowest BCUT2D eigenvalue weighted by Crippen LogP contribution is -1.96. The van der Waals surface area contributed by atoms with Crippen LogP contribution in [0.4, 0.5) is 5.69 Å². The second kappa shape index (κ2) is 5.68. The van der Waals surface area contributed by atoms with Crippen molar-refractivity contribution in [3.8, 4) is 22.8 Å². The first-order chi connectivity index (χ1) is 11.0. The predicted molar refractivity (Wildman–Crippen MR) is 78.8 cm³/mol. The summed E-state index contributed by atoms with van der Waals surface area (Å²) in [6.07, 6.45) is 0. The van der Waals surface area contributed by atoms with E-state index in [0.717, 1.165) is 0 Å². The Bertz CT molecular complexity index is 886. The van der Waals surface area contributed by atoms with E-state index in [2.05, 4.69) is 10.1 Å². The number of nitrogens with zero attached hydrogens (tertiary/aromatic N) is 3. The Morgan fingerprint density at radius 1 is 1.13 bits per heavy atom. The van der Waals surface area contributed by atoms with Gasteiger partial charge in [0.1, 0.15) is 0 Å². The number of carbonyl (C=O) groups is 1. The number of benzene rings is 2. The van der Waals surface area contributed by atoms with Gasteiger partial charge in [0.05, 0.1) is 10.5 Å². The minimum absolute atomic E-state index is 0.0392. The SMILES string of the molecule is O=C(O)c1cccc(-c2noc(-c3ccc([N+](=O)[O-])cc3)n2)c1. The number of carboxylic acids is 1. The molecule has 8 heteroatoms. The highest BCUT2D eigenvalue weighted by molar-refractivity contribution is 5.89. The summed E-state index contributed by atoms with van der Waals surface area (Å²) in [6, 6.07) is 11.8. The summed E-state index contributed by atoms with van der Waals surface area (Å²) in [7, 11) is 0. The number of carboxylic acid groups (broad SMARTS) is 1. The maximum Gasteiger partial charge on any atom is 0.335 e. The normalized spacial score (nSPS) is 10.4. The van der Waals surface area contributed by atoms with Crippen LogP contribution >= 0.6 is 0 Å². The molecule has 114 valence electrons. The van der Waals surface area contributed by atoms with E-state index in [4.69, 9.17) is 9.63 Å². The van der Waals surface area contributed by atoms with Crippen molar-refractivity contribution in [3.05, 3.63) is 64.2 Å². The van der Waals surface area contributed by atoms with Crippen LogP contribution in [0, 0.1) is 10.1 Å². The number of aromatic nitrogens is 2. The molecule has 0 atom stereocenters. The van der Waals surface area contributed by atoms with E-state index in [-0.39, 0.29) is 23.0 Å². The topological polar surface area (TPSA) is 119 Å². The standard InChI is InChI=1S/C15H9N3O5/c19-15(20)11-3-1-2-10(8-11)13-16-14(23-17-13)9-4-6-12(7-5-9)18(21)22/h1-8H,(H,19,20). The van der Waals surface area contributed by atoms with E-state index in [1.54, 1.807) is 12.1 Å². The summed E-state index contributed by atoms with van der Waals surface area (Å²) in [5, 5.41) is 23.4. The van der Waals surface area contributed by atoms with E-state index in [0.29, 0.717) is 11.1 Å². The highest BCUT2D eigenvalue weighted by Crippen LogP contribution is 2.24. The molecule has 0 spiro atoms. The lowest BCUT2D eigenvalue weighted by molar-refractivity contribution is -0.384. The molecule has 1 N–H and O–H groups in total. The van der Waals surface area contributed by atoms with Crippen LogP contribution in [0.2, 0.25) is 0 Å². The lowest BCUT2D eigenvalue weighted by Gasteiger charge is -1.97. The fraction of sp³-hybridized carbons (Fsp3) is 0. The summed E-state index contributed by atoms with van der Waals surface area (Å²) in [5.41, 5.74) is 1.11. The van der Waals surface area contributed by atoms with Crippen molar-refractivity contribution in [1.29, 1.82) is 0 Å². The third kappa shape index (κ3) is 2.91. The summed E-state index contributed by atoms with van der Waals surface area (Å²) in [5.74, 6) is -0.622. The van der Waals surface area contributed by atoms with E-state index in [1.165, 1.54) is 36.4 Å². The molecule has 0 aliphatic carbocycles. The van der Waals surface area contributed by atoms with Crippen LogP contribution in [0.5, 0.6) is 0 Å². The molecule has 0 aliphatic rings. The smallest absolute Gasteiger partial charge is 0.335 e. The maximum atomic E-state index is 11.0. The van der Waals surface area contributed by atoms with Crippen molar-refractivity contribution in [2.75, 3.05) is 0 Å². The van der Waals surface area contributed by atoms with Gasteiger partial charge in [0, 0.05) is 23.3 Å². The van der Waals surface area contributed by atoms with Crippen molar-refractivity contribution < 1.29 is 19.3 Å². The highest BCUT2D eigenvalue weighted by atomic mass is 16.6. The molecule has 0 aliphatic heterocycles. The summed E-state index contributed by atoms with van der Waals surface area (Å²) >= 11 is 0. The average molecular weight is 311 g/mol. The van der Waals surface area contributed by atoms with E-state index in [9.17, 15) is 14.9 Å². The molecule has 0 bridgehead atoms. The van der Waals surface area contributed by atoms with Crippen LogP contribution in [-0.2, 0) is 0 Å². The molecule has 23 heavy (non-hydrogen) atoms. The first-order valence-corrected chi connectivity index (χ1v) is 6.47. The molecular formula is C15H9N3O5. The van der Waals surface area contributed by atoms with Gasteiger partial charge in [-0.05, 0) is 24.3 Å². The van der Waals surface area contributed by atoms with Gasteiger partial charge in [0.15, 0.2) is 0 Å². The fourth-order valence-corrected chi connectivity index (χ4v) is 1.98. The maximum absolute atomic E-state index is 11.0. The van der Waals surface area contributed by atoms with Crippen molar-refractivity contribution in [3.63, 3.8) is 0 Å². The number of hydrogen-bond donors (Lipinski definition) is 1. The summed E-state index contributed by atoms with van der Waals surface area (Å²) in [6.45, 7) is 0. The highest BCUT2D eigenvalue weighted by Gasteiger charge is 2.13. The lowest BCUT2D eigenvalue weighted by atomic mass is 10.1. The summed E-state index contributed by atoms with van der Waals surface area (Å²) in [4.78, 5) is 25.3. The third-order valence-electron chi connectivity index (χ3n) is 3.12. The van der Waals surface area contributed by atoms with E-state index < -0.39 is 10.9 Å². The van der Waals surface area contributed by atoms with Crippen LogP contribution in [0.3, 0.4) is 0 Å². The molecule has 0 fully saturated rings. The summed E-state index contributed by atoms with van der Waals surface area (Å²) < 4.78 is 5.13.